The normalized spacial score (nSPS) is 27.8. The van der Waals surface area contributed by atoms with Crippen LogP contribution in [-0.4, -0.2) is 34.5 Å². The molecule has 1 aromatic carbocycles. The number of carboxylic acids is 1. The molecule has 1 aliphatic heterocycles. The van der Waals surface area contributed by atoms with Gasteiger partial charge in [0.2, 0.25) is 5.91 Å². The highest BCUT2D eigenvalue weighted by molar-refractivity contribution is 5.88. The minimum Gasteiger partial charge on any atom is -0.478 e. The van der Waals surface area contributed by atoms with Crippen molar-refractivity contribution in [2.75, 3.05) is 6.54 Å². The van der Waals surface area contributed by atoms with E-state index in [-0.39, 0.29) is 5.41 Å². The van der Waals surface area contributed by atoms with E-state index in [4.69, 9.17) is 5.11 Å². The molecule has 1 N–H and O–H groups in total. The fourth-order valence-corrected chi connectivity index (χ4v) is 4.28. The third kappa shape index (κ3) is 1.97. The molecule has 1 spiro atoms. The number of hydrogen-bond acceptors (Lipinski definition) is 2. The van der Waals surface area contributed by atoms with Gasteiger partial charge in [-0.25, -0.2) is 4.79 Å². The number of hydrogen-bond donors (Lipinski definition) is 1. The maximum atomic E-state index is 12.9. The highest BCUT2D eigenvalue weighted by Crippen LogP contribution is 2.46. The van der Waals surface area contributed by atoms with Gasteiger partial charge in [0.1, 0.15) is 0 Å². The van der Waals surface area contributed by atoms with Crippen molar-refractivity contribution in [1.82, 2.24) is 4.90 Å². The van der Waals surface area contributed by atoms with Gasteiger partial charge in [0.25, 0.3) is 0 Å². The zero-order valence-electron chi connectivity index (χ0n) is 12.7. The maximum absolute atomic E-state index is 12.9. The van der Waals surface area contributed by atoms with Gasteiger partial charge in [-0.1, -0.05) is 6.07 Å². The van der Waals surface area contributed by atoms with E-state index in [1.807, 2.05) is 6.07 Å². The first-order valence-electron chi connectivity index (χ1n) is 8.25. The lowest BCUT2D eigenvalue weighted by atomic mass is 9.70. The molecule has 1 saturated carbocycles. The molecule has 116 valence electrons. The molecule has 4 rings (SSSR count). The van der Waals surface area contributed by atoms with Gasteiger partial charge in [0, 0.05) is 12.6 Å². The number of carbonyl (C=O) groups is 2. The van der Waals surface area contributed by atoms with E-state index in [0.717, 1.165) is 37.8 Å². The van der Waals surface area contributed by atoms with E-state index in [9.17, 15) is 9.59 Å². The van der Waals surface area contributed by atoms with Crippen LogP contribution in [0.2, 0.25) is 0 Å². The Morgan fingerprint density at radius 3 is 2.73 bits per heavy atom. The van der Waals surface area contributed by atoms with Gasteiger partial charge in [-0.3, -0.25) is 4.79 Å². The van der Waals surface area contributed by atoms with Crippen LogP contribution in [0.1, 0.15) is 53.6 Å². The first kappa shape index (κ1) is 13.8. The highest BCUT2D eigenvalue weighted by Gasteiger charge is 2.50. The zero-order valence-corrected chi connectivity index (χ0v) is 12.7. The molecule has 0 bridgehead atoms. The summed E-state index contributed by atoms with van der Waals surface area (Å²) in [6.07, 6.45) is 7.02. The SMILES string of the molecule is O=C(O)c1ccc2c(c1)CC[C@]1(CCN(C3CCC3)C1=O)C2. The summed E-state index contributed by atoms with van der Waals surface area (Å²) in [7, 11) is 0. The molecule has 1 atom stereocenters. The van der Waals surface area contributed by atoms with Crippen molar-refractivity contribution in [1.29, 1.82) is 0 Å². The number of benzene rings is 1. The lowest BCUT2D eigenvalue weighted by Crippen LogP contribution is -2.45. The maximum Gasteiger partial charge on any atom is 0.335 e. The number of fused-ring (bicyclic) bond motifs is 1. The number of amides is 1. The van der Waals surface area contributed by atoms with Crippen LogP contribution in [0.5, 0.6) is 0 Å². The van der Waals surface area contributed by atoms with Gasteiger partial charge in [-0.05, 0) is 68.2 Å². The average molecular weight is 299 g/mol. The Labute approximate surface area is 130 Å². The quantitative estimate of drug-likeness (QED) is 0.913. The van der Waals surface area contributed by atoms with Crippen LogP contribution < -0.4 is 0 Å². The van der Waals surface area contributed by atoms with Crippen LogP contribution in [0, 0.1) is 5.41 Å². The van der Waals surface area contributed by atoms with Crippen LogP contribution in [0.3, 0.4) is 0 Å². The minimum atomic E-state index is -0.879. The molecule has 0 radical (unpaired) electrons. The fraction of sp³-hybridized carbons (Fsp3) is 0.556. The Morgan fingerprint density at radius 1 is 1.23 bits per heavy atom. The number of rotatable bonds is 2. The first-order valence-corrected chi connectivity index (χ1v) is 8.25. The Morgan fingerprint density at radius 2 is 2.05 bits per heavy atom. The van der Waals surface area contributed by atoms with E-state index in [0.29, 0.717) is 17.5 Å². The molecule has 1 heterocycles. The summed E-state index contributed by atoms with van der Waals surface area (Å²) in [5.41, 5.74) is 2.41. The summed E-state index contributed by atoms with van der Waals surface area (Å²) in [4.78, 5) is 26.1. The molecule has 2 fully saturated rings. The van der Waals surface area contributed by atoms with E-state index in [1.54, 1.807) is 12.1 Å². The molecular formula is C18H21NO3. The predicted molar refractivity (Wildman–Crippen MR) is 81.8 cm³/mol. The van der Waals surface area contributed by atoms with Crippen LogP contribution in [0.4, 0.5) is 0 Å². The summed E-state index contributed by atoms with van der Waals surface area (Å²) in [6.45, 7) is 0.909. The highest BCUT2D eigenvalue weighted by atomic mass is 16.4. The topological polar surface area (TPSA) is 57.6 Å². The van der Waals surface area contributed by atoms with E-state index >= 15 is 0 Å². The standard InChI is InChI=1S/C18H21NO3/c20-16(21)13-4-5-14-11-18(7-6-12(14)10-13)8-9-19(17(18)22)15-2-1-3-15/h4-5,10,15H,1-3,6-9,11H2,(H,20,21)/t18-/m0/s1. The van der Waals surface area contributed by atoms with E-state index in [1.165, 1.54) is 24.8 Å². The number of carboxylic acid groups (broad SMARTS) is 1. The molecule has 4 nitrogen and oxygen atoms in total. The molecule has 1 amide bonds. The van der Waals surface area contributed by atoms with Crippen molar-refractivity contribution in [2.45, 2.75) is 51.0 Å². The van der Waals surface area contributed by atoms with Gasteiger partial charge in [-0.2, -0.15) is 0 Å². The Kier molecular flexibility index (Phi) is 3.03. The third-order valence-corrected chi connectivity index (χ3v) is 5.92. The molecule has 0 unspecified atom stereocenters. The number of likely N-dealkylation sites (tertiary alicyclic amines) is 1. The monoisotopic (exact) mass is 299 g/mol. The van der Waals surface area contributed by atoms with Gasteiger partial charge >= 0.3 is 5.97 Å². The Bertz CT molecular complexity index is 650. The smallest absolute Gasteiger partial charge is 0.335 e. The number of aryl methyl sites for hydroxylation is 1. The summed E-state index contributed by atoms with van der Waals surface area (Å²) in [5.74, 6) is -0.527. The van der Waals surface area contributed by atoms with Crippen molar-refractivity contribution in [3.63, 3.8) is 0 Å². The molecule has 4 heteroatoms. The summed E-state index contributed by atoms with van der Waals surface area (Å²) < 4.78 is 0. The summed E-state index contributed by atoms with van der Waals surface area (Å²) in [5, 5.41) is 9.10. The van der Waals surface area contributed by atoms with Crippen molar-refractivity contribution < 1.29 is 14.7 Å². The molecule has 3 aliphatic rings. The summed E-state index contributed by atoms with van der Waals surface area (Å²) >= 11 is 0. The predicted octanol–water partition coefficient (Wildman–Crippen LogP) is 2.64. The Balaban J connectivity index is 1.59. The lowest BCUT2D eigenvalue weighted by Gasteiger charge is -2.38. The van der Waals surface area contributed by atoms with E-state index in [2.05, 4.69) is 4.90 Å². The van der Waals surface area contributed by atoms with Crippen LogP contribution in [-0.2, 0) is 17.6 Å². The van der Waals surface area contributed by atoms with Crippen LogP contribution in [0.25, 0.3) is 0 Å². The largest absolute Gasteiger partial charge is 0.478 e. The number of carbonyl (C=O) groups excluding carboxylic acids is 1. The van der Waals surface area contributed by atoms with Gasteiger partial charge in [-0.15, -0.1) is 0 Å². The van der Waals surface area contributed by atoms with Gasteiger partial charge in [0.05, 0.1) is 11.0 Å². The molecular weight excluding hydrogens is 278 g/mol. The second-order valence-electron chi connectivity index (χ2n) is 7.08. The Hall–Kier alpha value is -1.84. The van der Waals surface area contributed by atoms with Crippen molar-refractivity contribution in [3.05, 3.63) is 34.9 Å². The lowest BCUT2D eigenvalue weighted by molar-refractivity contribution is -0.139. The molecule has 22 heavy (non-hydrogen) atoms. The average Bonchev–Trinajstić information content (AvgIpc) is 2.75. The van der Waals surface area contributed by atoms with Crippen molar-refractivity contribution in [3.8, 4) is 0 Å². The van der Waals surface area contributed by atoms with Crippen LogP contribution >= 0.6 is 0 Å². The third-order valence-electron chi connectivity index (χ3n) is 5.92. The molecule has 0 aromatic heterocycles. The second kappa shape index (κ2) is 4.83. The van der Waals surface area contributed by atoms with Gasteiger partial charge in [0.15, 0.2) is 0 Å². The summed E-state index contributed by atoms with van der Waals surface area (Å²) in [6, 6.07) is 5.86. The number of nitrogens with zero attached hydrogens (tertiary/aromatic N) is 1. The van der Waals surface area contributed by atoms with E-state index < -0.39 is 5.97 Å². The van der Waals surface area contributed by atoms with Crippen LogP contribution in [0.15, 0.2) is 18.2 Å². The fourth-order valence-electron chi connectivity index (χ4n) is 4.28. The molecule has 1 saturated heterocycles. The van der Waals surface area contributed by atoms with Crippen molar-refractivity contribution >= 4 is 11.9 Å². The first-order chi connectivity index (χ1) is 10.6. The van der Waals surface area contributed by atoms with Crippen molar-refractivity contribution in [2.24, 2.45) is 5.41 Å². The zero-order chi connectivity index (χ0) is 15.3. The van der Waals surface area contributed by atoms with Gasteiger partial charge < -0.3 is 10.0 Å². The number of aromatic carboxylic acids is 1. The second-order valence-corrected chi connectivity index (χ2v) is 7.08. The minimum absolute atomic E-state index is 0.215. The molecule has 1 aromatic rings. The molecule has 2 aliphatic carbocycles.